The Hall–Kier alpha value is -1.42. The molecule has 0 bridgehead atoms. The van der Waals surface area contributed by atoms with Crippen LogP contribution < -0.4 is 4.90 Å². The lowest BCUT2D eigenvalue weighted by atomic mass is 9.86. The summed E-state index contributed by atoms with van der Waals surface area (Å²) in [5.74, 6) is -0.547. The molecule has 1 aromatic rings. The van der Waals surface area contributed by atoms with Crippen molar-refractivity contribution in [2.24, 2.45) is 5.92 Å². The van der Waals surface area contributed by atoms with Crippen molar-refractivity contribution in [3.05, 3.63) is 30.1 Å². The van der Waals surface area contributed by atoms with Crippen LogP contribution in [0, 0.1) is 11.7 Å². The zero-order valence-corrected chi connectivity index (χ0v) is 10.5. The lowest BCUT2D eigenvalue weighted by molar-refractivity contribution is -0.123. The van der Waals surface area contributed by atoms with Gasteiger partial charge in [0.25, 0.3) is 0 Å². The zero-order valence-electron chi connectivity index (χ0n) is 10.5. The van der Waals surface area contributed by atoms with Gasteiger partial charge < -0.3 is 10.0 Å². The van der Waals surface area contributed by atoms with Gasteiger partial charge in [-0.25, -0.2) is 4.39 Å². The monoisotopic (exact) mass is 251 g/mol. The van der Waals surface area contributed by atoms with Gasteiger partial charge in [0.15, 0.2) is 0 Å². The molecule has 1 amide bonds. The summed E-state index contributed by atoms with van der Waals surface area (Å²) in [5.41, 5.74) is 0.314. The van der Waals surface area contributed by atoms with E-state index in [1.807, 2.05) is 0 Å². The lowest BCUT2D eigenvalue weighted by Gasteiger charge is -2.28. The molecule has 1 aromatic carbocycles. The number of hydrogen-bond acceptors (Lipinski definition) is 2. The number of aliphatic hydroxyl groups excluding tert-OH is 1. The number of aliphatic hydroxyl groups is 1. The number of halogens is 1. The average molecular weight is 251 g/mol. The van der Waals surface area contributed by atoms with Crippen LogP contribution in [0.3, 0.4) is 0 Å². The first-order valence-corrected chi connectivity index (χ1v) is 6.29. The molecule has 0 atom stereocenters. The number of para-hydroxylation sites is 1. The first kappa shape index (κ1) is 13.0. The van der Waals surface area contributed by atoms with Crippen molar-refractivity contribution in [3.8, 4) is 0 Å². The molecule has 1 saturated carbocycles. The van der Waals surface area contributed by atoms with Gasteiger partial charge in [0.1, 0.15) is 5.82 Å². The molecule has 0 saturated heterocycles. The van der Waals surface area contributed by atoms with Gasteiger partial charge in [0.05, 0.1) is 11.8 Å². The van der Waals surface area contributed by atoms with Gasteiger partial charge in [-0.15, -0.1) is 0 Å². The summed E-state index contributed by atoms with van der Waals surface area (Å²) in [4.78, 5) is 13.6. The minimum Gasteiger partial charge on any atom is -0.393 e. The Morgan fingerprint density at radius 3 is 2.50 bits per heavy atom. The summed E-state index contributed by atoms with van der Waals surface area (Å²) in [6, 6.07) is 6.27. The molecule has 1 fully saturated rings. The number of benzene rings is 1. The SMILES string of the molecule is CN(C(=O)C1CCC(O)CC1)c1ccccc1F. The molecule has 0 aliphatic heterocycles. The van der Waals surface area contributed by atoms with Gasteiger partial charge >= 0.3 is 0 Å². The Labute approximate surface area is 106 Å². The minimum absolute atomic E-state index is 0.0630. The maximum atomic E-state index is 13.6. The van der Waals surface area contributed by atoms with Crippen LogP contribution in [-0.4, -0.2) is 24.2 Å². The maximum Gasteiger partial charge on any atom is 0.229 e. The van der Waals surface area contributed by atoms with Gasteiger partial charge in [0.2, 0.25) is 5.91 Å². The topological polar surface area (TPSA) is 40.5 Å². The molecule has 1 aliphatic carbocycles. The van der Waals surface area contributed by atoms with Crippen molar-refractivity contribution in [1.82, 2.24) is 0 Å². The Balaban J connectivity index is 2.07. The van der Waals surface area contributed by atoms with Crippen molar-refractivity contribution in [3.63, 3.8) is 0 Å². The molecule has 0 aromatic heterocycles. The molecule has 1 aliphatic rings. The van der Waals surface area contributed by atoms with Crippen molar-refractivity contribution >= 4 is 11.6 Å². The van der Waals surface area contributed by atoms with E-state index in [2.05, 4.69) is 0 Å². The van der Waals surface area contributed by atoms with Crippen LogP contribution in [0.2, 0.25) is 0 Å². The fraction of sp³-hybridized carbons (Fsp3) is 0.500. The lowest BCUT2D eigenvalue weighted by Crippen LogP contribution is -2.36. The van der Waals surface area contributed by atoms with Crippen LogP contribution in [0.25, 0.3) is 0 Å². The molecule has 4 heteroatoms. The van der Waals surface area contributed by atoms with Crippen molar-refractivity contribution in [2.75, 3.05) is 11.9 Å². The molecule has 18 heavy (non-hydrogen) atoms. The predicted octanol–water partition coefficient (Wildman–Crippen LogP) is 2.34. The van der Waals surface area contributed by atoms with E-state index in [0.717, 1.165) is 0 Å². The van der Waals surface area contributed by atoms with Crippen LogP contribution >= 0.6 is 0 Å². The Bertz CT molecular complexity index is 428. The molecular weight excluding hydrogens is 233 g/mol. The van der Waals surface area contributed by atoms with E-state index in [4.69, 9.17) is 0 Å². The van der Waals surface area contributed by atoms with Gasteiger partial charge in [-0.2, -0.15) is 0 Å². The second kappa shape index (κ2) is 5.48. The van der Waals surface area contributed by atoms with Crippen molar-refractivity contribution < 1.29 is 14.3 Å². The van der Waals surface area contributed by atoms with Crippen LogP contribution in [-0.2, 0) is 4.79 Å². The van der Waals surface area contributed by atoms with E-state index in [0.29, 0.717) is 31.4 Å². The Kier molecular flexibility index (Phi) is 3.97. The van der Waals surface area contributed by atoms with Crippen LogP contribution in [0.15, 0.2) is 24.3 Å². The summed E-state index contributed by atoms with van der Waals surface area (Å²) in [6.07, 6.45) is 2.38. The van der Waals surface area contributed by atoms with Crippen LogP contribution in [0.5, 0.6) is 0 Å². The van der Waals surface area contributed by atoms with Gasteiger partial charge in [-0.05, 0) is 37.8 Å². The maximum absolute atomic E-state index is 13.6. The van der Waals surface area contributed by atoms with E-state index < -0.39 is 0 Å². The summed E-state index contributed by atoms with van der Waals surface area (Å²) in [7, 11) is 1.60. The fourth-order valence-corrected chi connectivity index (χ4v) is 2.44. The highest BCUT2D eigenvalue weighted by atomic mass is 19.1. The van der Waals surface area contributed by atoms with Crippen LogP contribution in [0.1, 0.15) is 25.7 Å². The highest BCUT2D eigenvalue weighted by Gasteiger charge is 2.28. The fourth-order valence-electron chi connectivity index (χ4n) is 2.44. The molecule has 0 radical (unpaired) electrons. The average Bonchev–Trinajstić information content (AvgIpc) is 2.38. The third-order valence-corrected chi connectivity index (χ3v) is 3.59. The number of rotatable bonds is 2. The second-order valence-electron chi connectivity index (χ2n) is 4.85. The standard InChI is InChI=1S/C14H18FNO2/c1-16(13-5-3-2-4-12(13)15)14(18)10-6-8-11(17)9-7-10/h2-5,10-11,17H,6-9H2,1H3. The molecule has 98 valence electrons. The Morgan fingerprint density at radius 2 is 1.89 bits per heavy atom. The molecular formula is C14H18FNO2. The van der Waals surface area contributed by atoms with Gasteiger partial charge in [-0.1, -0.05) is 12.1 Å². The van der Waals surface area contributed by atoms with E-state index >= 15 is 0 Å². The smallest absolute Gasteiger partial charge is 0.229 e. The zero-order chi connectivity index (χ0) is 13.1. The van der Waals surface area contributed by atoms with Gasteiger partial charge in [0, 0.05) is 13.0 Å². The number of amides is 1. The second-order valence-corrected chi connectivity index (χ2v) is 4.85. The quantitative estimate of drug-likeness (QED) is 0.876. The third-order valence-electron chi connectivity index (χ3n) is 3.59. The normalized spacial score (nSPS) is 23.7. The summed E-state index contributed by atoms with van der Waals surface area (Å²) in [5, 5.41) is 9.42. The van der Waals surface area contributed by atoms with E-state index in [9.17, 15) is 14.3 Å². The summed E-state index contributed by atoms with van der Waals surface area (Å²) >= 11 is 0. The highest BCUT2D eigenvalue weighted by Crippen LogP contribution is 2.28. The van der Waals surface area contributed by atoms with E-state index in [1.165, 1.54) is 11.0 Å². The first-order chi connectivity index (χ1) is 8.59. The molecule has 2 rings (SSSR count). The first-order valence-electron chi connectivity index (χ1n) is 6.29. The number of nitrogens with zero attached hydrogens (tertiary/aromatic N) is 1. The van der Waals surface area contributed by atoms with Crippen molar-refractivity contribution in [1.29, 1.82) is 0 Å². The minimum atomic E-state index is -0.385. The predicted molar refractivity (Wildman–Crippen MR) is 67.8 cm³/mol. The molecule has 1 N–H and O–H groups in total. The summed E-state index contributed by atoms with van der Waals surface area (Å²) in [6.45, 7) is 0. The largest absolute Gasteiger partial charge is 0.393 e. The van der Waals surface area contributed by atoms with Crippen LogP contribution in [0.4, 0.5) is 10.1 Å². The van der Waals surface area contributed by atoms with Crippen molar-refractivity contribution in [2.45, 2.75) is 31.8 Å². The number of carbonyl (C=O) groups is 1. The Morgan fingerprint density at radius 1 is 1.28 bits per heavy atom. The molecule has 0 unspecified atom stereocenters. The molecule has 0 spiro atoms. The van der Waals surface area contributed by atoms with Gasteiger partial charge in [-0.3, -0.25) is 4.79 Å². The highest BCUT2D eigenvalue weighted by molar-refractivity contribution is 5.94. The number of anilines is 1. The number of carbonyl (C=O) groups excluding carboxylic acids is 1. The van der Waals surface area contributed by atoms with E-state index in [-0.39, 0.29) is 23.7 Å². The molecule has 0 heterocycles. The van der Waals surface area contributed by atoms with E-state index in [1.54, 1.807) is 25.2 Å². The number of hydrogen-bond donors (Lipinski definition) is 1. The summed E-state index contributed by atoms with van der Waals surface area (Å²) < 4.78 is 13.6. The molecule has 3 nitrogen and oxygen atoms in total. The third kappa shape index (κ3) is 2.70.